The lowest BCUT2D eigenvalue weighted by Crippen LogP contribution is -2.31. The molecule has 0 spiro atoms. The van der Waals surface area contributed by atoms with Gasteiger partial charge in [-0.05, 0) is 68.1 Å². The molecule has 7 nitrogen and oxygen atoms in total. The highest BCUT2D eigenvalue weighted by Crippen LogP contribution is 2.40. The van der Waals surface area contributed by atoms with E-state index in [9.17, 15) is 19.2 Å². The van der Waals surface area contributed by atoms with Crippen molar-refractivity contribution in [2.24, 2.45) is 11.8 Å². The molecular formula is C25H25BrN2O5. The molecule has 1 N–H and O–H groups in total. The summed E-state index contributed by atoms with van der Waals surface area (Å²) in [6, 6.07) is 9.85. The number of carbonyl (C=O) groups excluding carboxylic acids is 4. The van der Waals surface area contributed by atoms with Crippen LogP contribution in [0.25, 0.3) is 0 Å². The van der Waals surface area contributed by atoms with Gasteiger partial charge in [-0.3, -0.25) is 19.3 Å². The third-order valence-electron chi connectivity index (χ3n) is 6.51. The van der Waals surface area contributed by atoms with E-state index in [1.807, 2.05) is 19.9 Å². The van der Waals surface area contributed by atoms with Crippen molar-refractivity contribution in [2.75, 3.05) is 16.8 Å². The Hall–Kier alpha value is -3.00. The summed E-state index contributed by atoms with van der Waals surface area (Å²) in [5.41, 5.74) is 3.10. The number of imide groups is 1. The Morgan fingerprint density at radius 1 is 1.03 bits per heavy atom. The van der Waals surface area contributed by atoms with Crippen LogP contribution in [-0.4, -0.2) is 30.3 Å². The number of ether oxygens (including phenoxy) is 1. The molecule has 8 heteroatoms. The van der Waals surface area contributed by atoms with Gasteiger partial charge in [-0.15, -0.1) is 0 Å². The molecular weight excluding hydrogens is 488 g/mol. The summed E-state index contributed by atoms with van der Waals surface area (Å²) in [4.78, 5) is 51.7. The maximum absolute atomic E-state index is 12.8. The molecule has 0 radical (unpaired) electrons. The lowest BCUT2D eigenvalue weighted by atomic mass is 9.81. The van der Waals surface area contributed by atoms with Crippen molar-refractivity contribution in [1.82, 2.24) is 0 Å². The number of nitrogens with zero attached hydrogens (tertiary/aromatic N) is 1. The molecule has 0 bridgehead atoms. The molecule has 3 amide bonds. The average Bonchev–Trinajstić information content (AvgIpc) is 3.08. The van der Waals surface area contributed by atoms with Crippen LogP contribution in [0.5, 0.6) is 0 Å². The van der Waals surface area contributed by atoms with Gasteiger partial charge >= 0.3 is 5.97 Å². The molecule has 2 aromatic carbocycles. The number of rotatable bonds is 5. The van der Waals surface area contributed by atoms with E-state index in [0.29, 0.717) is 11.4 Å². The van der Waals surface area contributed by atoms with Crippen molar-refractivity contribution in [3.05, 3.63) is 57.6 Å². The SMILES string of the molecule is Cc1c(Br)ccc(NC(=O)COC(=O)c2cccc(N3C(=O)[C@H]4CCCC[C@H]4C3=O)c2)c1C. The highest BCUT2D eigenvalue weighted by molar-refractivity contribution is 9.10. The Balaban J connectivity index is 1.41. The minimum Gasteiger partial charge on any atom is -0.452 e. The molecule has 4 rings (SSSR count). The number of nitrogens with one attached hydrogen (secondary N) is 1. The van der Waals surface area contributed by atoms with Crippen LogP contribution in [0.2, 0.25) is 0 Å². The van der Waals surface area contributed by atoms with Gasteiger partial charge in [0.1, 0.15) is 0 Å². The van der Waals surface area contributed by atoms with Gasteiger partial charge in [0.15, 0.2) is 6.61 Å². The minimum atomic E-state index is -0.702. The number of benzene rings is 2. The fourth-order valence-corrected chi connectivity index (χ4v) is 4.94. The zero-order valence-electron chi connectivity index (χ0n) is 18.5. The second-order valence-electron chi connectivity index (χ2n) is 8.53. The van der Waals surface area contributed by atoms with Crippen molar-refractivity contribution < 1.29 is 23.9 Å². The molecule has 2 aromatic rings. The summed E-state index contributed by atoms with van der Waals surface area (Å²) in [6.07, 6.45) is 3.34. The van der Waals surface area contributed by atoms with E-state index in [-0.39, 0.29) is 29.2 Å². The fraction of sp³-hybridized carbons (Fsp3) is 0.360. The van der Waals surface area contributed by atoms with E-state index in [0.717, 1.165) is 41.3 Å². The van der Waals surface area contributed by atoms with Gasteiger partial charge in [0.25, 0.3) is 5.91 Å². The zero-order valence-corrected chi connectivity index (χ0v) is 20.1. The van der Waals surface area contributed by atoms with Gasteiger partial charge in [0, 0.05) is 10.2 Å². The Morgan fingerprint density at radius 3 is 2.36 bits per heavy atom. The van der Waals surface area contributed by atoms with E-state index in [1.54, 1.807) is 18.2 Å². The number of carbonyl (C=O) groups is 4. The number of fused-ring (bicyclic) bond motifs is 1. The predicted molar refractivity (Wildman–Crippen MR) is 127 cm³/mol. The number of hydrogen-bond donors (Lipinski definition) is 1. The summed E-state index contributed by atoms with van der Waals surface area (Å²) < 4.78 is 6.12. The van der Waals surface area contributed by atoms with Gasteiger partial charge in [-0.1, -0.05) is 34.8 Å². The quantitative estimate of drug-likeness (QED) is 0.468. The number of halogens is 1. The van der Waals surface area contributed by atoms with Crippen LogP contribution in [0.3, 0.4) is 0 Å². The van der Waals surface area contributed by atoms with Gasteiger partial charge in [0.05, 0.1) is 23.1 Å². The lowest BCUT2D eigenvalue weighted by Gasteiger charge is -2.19. The highest BCUT2D eigenvalue weighted by Gasteiger charge is 2.48. The summed E-state index contributed by atoms with van der Waals surface area (Å²) in [7, 11) is 0. The normalized spacial score (nSPS) is 19.9. The van der Waals surface area contributed by atoms with Crippen molar-refractivity contribution in [2.45, 2.75) is 39.5 Å². The highest BCUT2D eigenvalue weighted by atomic mass is 79.9. The first-order valence-corrected chi connectivity index (χ1v) is 11.8. The molecule has 0 unspecified atom stereocenters. The van der Waals surface area contributed by atoms with Gasteiger partial charge in [-0.2, -0.15) is 0 Å². The lowest BCUT2D eigenvalue weighted by molar-refractivity contribution is -0.122. The molecule has 2 fully saturated rings. The Morgan fingerprint density at radius 2 is 1.70 bits per heavy atom. The van der Waals surface area contributed by atoms with Crippen LogP contribution >= 0.6 is 15.9 Å². The number of esters is 1. The van der Waals surface area contributed by atoms with Crippen LogP contribution in [0, 0.1) is 25.7 Å². The van der Waals surface area contributed by atoms with E-state index in [2.05, 4.69) is 21.2 Å². The third kappa shape index (κ3) is 4.57. The third-order valence-corrected chi connectivity index (χ3v) is 7.37. The van der Waals surface area contributed by atoms with Crippen LogP contribution in [0.15, 0.2) is 40.9 Å². The van der Waals surface area contributed by atoms with Crippen molar-refractivity contribution >= 4 is 51.0 Å². The monoisotopic (exact) mass is 512 g/mol. The molecule has 33 heavy (non-hydrogen) atoms. The molecule has 1 saturated heterocycles. The first kappa shape index (κ1) is 23.2. The summed E-state index contributed by atoms with van der Waals surface area (Å²) in [6.45, 7) is 3.38. The average molecular weight is 513 g/mol. The Kier molecular flexibility index (Phi) is 6.65. The van der Waals surface area contributed by atoms with E-state index in [4.69, 9.17) is 4.74 Å². The van der Waals surface area contributed by atoms with Gasteiger partial charge in [-0.25, -0.2) is 4.79 Å². The number of hydrogen-bond acceptors (Lipinski definition) is 5. The van der Waals surface area contributed by atoms with Crippen LogP contribution in [0.1, 0.15) is 47.2 Å². The predicted octanol–water partition coefficient (Wildman–Crippen LogP) is 4.54. The van der Waals surface area contributed by atoms with Crippen molar-refractivity contribution in [1.29, 1.82) is 0 Å². The summed E-state index contributed by atoms with van der Waals surface area (Å²) in [5, 5.41) is 2.75. The Bertz CT molecular complexity index is 1120. The second kappa shape index (κ2) is 9.47. The van der Waals surface area contributed by atoms with Crippen molar-refractivity contribution in [3.8, 4) is 0 Å². The smallest absolute Gasteiger partial charge is 0.338 e. The fourth-order valence-electron chi connectivity index (χ4n) is 4.51. The molecule has 172 valence electrons. The van der Waals surface area contributed by atoms with E-state index < -0.39 is 18.5 Å². The van der Waals surface area contributed by atoms with Gasteiger partial charge in [0.2, 0.25) is 11.8 Å². The minimum absolute atomic E-state index is 0.173. The summed E-state index contributed by atoms with van der Waals surface area (Å²) in [5.74, 6) is -2.09. The van der Waals surface area contributed by atoms with E-state index in [1.165, 1.54) is 17.0 Å². The zero-order chi connectivity index (χ0) is 23.7. The van der Waals surface area contributed by atoms with Crippen LogP contribution in [0.4, 0.5) is 11.4 Å². The van der Waals surface area contributed by atoms with E-state index >= 15 is 0 Å². The molecule has 2 aliphatic rings. The van der Waals surface area contributed by atoms with Crippen LogP contribution < -0.4 is 10.2 Å². The topological polar surface area (TPSA) is 92.8 Å². The number of amides is 3. The first-order valence-electron chi connectivity index (χ1n) is 11.0. The molecule has 2 atom stereocenters. The largest absolute Gasteiger partial charge is 0.452 e. The Labute approximate surface area is 200 Å². The van der Waals surface area contributed by atoms with Crippen molar-refractivity contribution in [3.63, 3.8) is 0 Å². The standard InChI is InChI=1S/C25H25BrN2O5/c1-14-15(2)21(11-10-20(14)26)27-22(29)13-33-25(32)16-6-5-7-17(12-16)28-23(30)18-8-3-4-9-19(18)24(28)31/h5-7,10-12,18-19H,3-4,8-9,13H2,1-2H3,(H,27,29)/t18-,19+. The molecule has 1 heterocycles. The number of anilines is 2. The molecule has 1 saturated carbocycles. The molecule has 0 aromatic heterocycles. The molecule has 1 aliphatic carbocycles. The second-order valence-corrected chi connectivity index (χ2v) is 9.38. The maximum Gasteiger partial charge on any atom is 0.338 e. The maximum atomic E-state index is 12.8. The first-order chi connectivity index (χ1) is 15.8. The van der Waals surface area contributed by atoms with Crippen LogP contribution in [-0.2, 0) is 19.1 Å². The van der Waals surface area contributed by atoms with Gasteiger partial charge < -0.3 is 10.1 Å². The summed E-state index contributed by atoms with van der Waals surface area (Å²) >= 11 is 3.45. The molecule has 1 aliphatic heterocycles.